The molecule has 0 bridgehead atoms. The van der Waals surface area contributed by atoms with Crippen LogP contribution in [0.2, 0.25) is 0 Å². The molecule has 1 saturated carbocycles. The highest BCUT2D eigenvalue weighted by atomic mass is 16.5. The molecule has 1 fully saturated rings. The molecule has 0 amide bonds. The molecule has 1 aromatic rings. The summed E-state index contributed by atoms with van der Waals surface area (Å²) in [7, 11) is 0. The number of nitrogens with one attached hydrogen (secondary N) is 1. The van der Waals surface area contributed by atoms with E-state index in [-0.39, 0.29) is 0 Å². The summed E-state index contributed by atoms with van der Waals surface area (Å²) >= 11 is 0. The van der Waals surface area contributed by atoms with E-state index in [0.29, 0.717) is 24.2 Å². The first-order chi connectivity index (χ1) is 9.24. The van der Waals surface area contributed by atoms with E-state index in [0.717, 1.165) is 24.5 Å². The molecule has 1 aliphatic carbocycles. The molecular formula is C14H24N4O. The molecular weight excluding hydrogens is 240 g/mol. The van der Waals surface area contributed by atoms with Crippen LogP contribution in [0.4, 0.5) is 11.5 Å². The second kappa shape index (κ2) is 6.59. The summed E-state index contributed by atoms with van der Waals surface area (Å²) in [5.41, 5.74) is 6.65. The second-order valence-corrected chi connectivity index (χ2v) is 5.04. The lowest BCUT2D eigenvalue weighted by molar-refractivity contribution is 0.305. The van der Waals surface area contributed by atoms with Gasteiger partial charge in [-0.2, -0.15) is 4.98 Å². The maximum absolute atomic E-state index is 6.11. The number of hydrogen-bond donors (Lipinski definition) is 2. The Morgan fingerprint density at radius 3 is 2.63 bits per heavy atom. The molecule has 1 heterocycles. The third-order valence-electron chi connectivity index (χ3n) is 3.41. The van der Waals surface area contributed by atoms with Crippen LogP contribution in [0.25, 0.3) is 0 Å². The van der Waals surface area contributed by atoms with Gasteiger partial charge in [0, 0.05) is 12.5 Å². The van der Waals surface area contributed by atoms with Crippen LogP contribution in [0.3, 0.4) is 0 Å². The van der Waals surface area contributed by atoms with Gasteiger partial charge >= 0.3 is 0 Å². The first-order valence-electron chi connectivity index (χ1n) is 7.30. The van der Waals surface area contributed by atoms with Gasteiger partial charge < -0.3 is 15.8 Å². The number of nitrogen functional groups attached to an aromatic ring is 1. The normalized spacial score (nSPS) is 15.7. The minimum absolute atomic E-state index is 0.487. The molecule has 106 valence electrons. The maximum Gasteiger partial charge on any atom is 0.242 e. The number of nitrogens with zero attached hydrogens (tertiary/aromatic N) is 2. The quantitative estimate of drug-likeness (QED) is 0.826. The van der Waals surface area contributed by atoms with Crippen molar-refractivity contribution < 1.29 is 4.74 Å². The van der Waals surface area contributed by atoms with Crippen LogP contribution in [-0.4, -0.2) is 22.6 Å². The summed E-state index contributed by atoms with van der Waals surface area (Å²) < 4.78 is 5.62. The summed E-state index contributed by atoms with van der Waals surface area (Å²) in [5.74, 6) is 2.04. The minimum atomic E-state index is 0.487. The SMILES string of the molecule is CCCOc1nc(CC)nc(NC2CCCC2)c1N. The van der Waals surface area contributed by atoms with Gasteiger partial charge in [-0.3, -0.25) is 0 Å². The van der Waals surface area contributed by atoms with Gasteiger partial charge in [0.15, 0.2) is 5.82 Å². The molecule has 19 heavy (non-hydrogen) atoms. The molecule has 0 radical (unpaired) electrons. The summed E-state index contributed by atoms with van der Waals surface area (Å²) in [4.78, 5) is 8.86. The Kier molecular flexibility index (Phi) is 4.82. The van der Waals surface area contributed by atoms with Crippen molar-refractivity contribution in [3.8, 4) is 5.88 Å². The summed E-state index contributed by atoms with van der Waals surface area (Å²) in [6.45, 7) is 4.73. The predicted octanol–water partition coefficient (Wildman–Crippen LogP) is 2.76. The van der Waals surface area contributed by atoms with Crippen LogP contribution in [0.1, 0.15) is 51.8 Å². The van der Waals surface area contributed by atoms with Gasteiger partial charge in [0.25, 0.3) is 0 Å². The van der Waals surface area contributed by atoms with Gasteiger partial charge in [-0.05, 0) is 19.3 Å². The van der Waals surface area contributed by atoms with Gasteiger partial charge in [-0.25, -0.2) is 4.98 Å². The van der Waals surface area contributed by atoms with Crippen molar-refractivity contribution in [1.82, 2.24) is 9.97 Å². The zero-order valence-electron chi connectivity index (χ0n) is 11.9. The number of aryl methyl sites for hydroxylation is 1. The summed E-state index contributed by atoms with van der Waals surface area (Å²) in [6, 6.07) is 0.487. The van der Waals surface area contributed by atoms with Crippen LogP contribution in [0.5, 0.6) is 5.88 Å². The van der Waals surface area contributed by atoms with Gasteiger partial charge in [-0.15, -0.1) is 0 Å². The summed E-state index contributed by atoms with van der Waals surface area (Å²) in [6.07, 6.45) is 6.66. The predicted molar refractivity (Wildman–Crippen MR) is 77.5 cm³/mol. The molecule has 0 atom stereocenters. The lowest BCUT2D eigenvalue weighted by atomic mass is 10.2. The molecule has 0 aliphatic heterocycles. The highest BCUT2D eigenvalue weighted by Gasteiger charge is 2.19. The lowest BCUT2D eigenvalue weighted by Gasteiger charge is -2.17. The smallest absolute Gasteiger partial charge is 0.242 e. The van der Waals surface area contributed by atoms with Crippen molar-refractivity contribution in [2.24, 2.45) is 0 Å². The van der Waals surface area contributed by atoms with E-state index >= 15 is 0 Å². The fraction of sp³-hybridized carbons (Fsp3) is 0.714. The molecule has 1 aromatic heterocycles. The van der Waals surface area contributed by atoms with Crippen molar-refractivity contribution in [1.29, 1.82) is 0 Å². The molecule has 0 saturated heterocycles. The van der Waals surface area contributed by atoms with E-state index in [4.69, 9.17) is 10.5 Å². The topological polar surface area (TPSA) is 73.1 Å². The zero-order chi connectivity index (χ0) is 13.7. The van der Waals surface area contributed by atoms with Crippen molar-refractivity contribution >= 4 is 11.5 Å². The Morgan fingerprint density at radius 2 is 2.00 bits per heavy atom. The third kappa shape index (κ3) is 3.49. The highest BCUT2D eigenvalue weighted by Crippen LogP contribution is 2.29. The fourth-order valence-electron chi connectivity index (χ4n) is 2.33. The first-order valence-corrected chi connectivity index (χ1v) is 7.30. The number of nitrogens with two attached hydrogens (primary N) is 1. The average molecular weight is 264 g/mol. The molecule has 0 spiro atoms. The molecule has 2 rings (SSSR count). The minimum Gasteiger partial charge on any atom is -0.476 e. The highest BCUT2D eigenvalue weighted by molar-refractivity contribution is 5.67. The standard InChI is InChI=1S/C14H24N4O/c1-3-9-19-14-12(15)13(17-11(4-2)18-14)16-10-7-5-6-8-10/h10H,3-9,15H2,1-2H3,(H,16,17,18). The third-order valence-corrected chi connectivity index (χ3v) is 3.41. The van der Waals surface area contributed by atoms with Crippen molar-refractivity contribution in [2.75, 3.05) is 17.7 Å². The average Bonchev–Trinajstić information content (AvgIpc) is 2.92. The Bertz CT molecular complexity index is 416. The van der Waals surface area contributed by atoms with Gasteiger partial charge in [0.1, 0.15) is 11.5 Å². The van der Waals surface area contributed by atoms with Crippen LogP contribution in [0.15, 0.2) is 0 Å². The van der Waals surface area contributed by atoms with Crippen molar-refractivity contribution in [3.05, 3.63) is 5.82 Å². The Hall–Kier alpha value is -1.52. The number of aromatic nitrogens is 2. The molecule has 5 heteroatoms. The lowest BCUT2D eigenvalue weighted by Crippen LogP contribution is -2.18. The number of ether oxygens (including phenoxy) is 1. The number of hydrogen-bond acceptors (Lipinski definition) is 5. The number of rotatable bonds is 6. The van der Waals surface area contributed by atoms with E-state index < -0.39 is 0 Å². The molecule has 0 aromatic carbocycles. The molecule has 0 unspecified atom stereocenters. The largest absolute Gasteiger partial charge is 0.476 e. The number of anilines is 2. The van der Waals surface area contributed by atoms with E-state index in [1.807, 2.05) is 6.92 Å². The zero-order valence-corrected chi connectivity index (χ0v) is 11.9. The maximum atomic E-state index is 6.11. The van der Waals surface area contributed by atoms with E-state index in [2.05, 4.69) is 22.2 Å². The van der Waals surface area contributed by atoms with Crippen LogP contribution < -0.4 is 15.8 Å². The first kappa shape index (κ1) is 13.9. The summed E-state index contributed by atoms with van der Waals surface area (Å²) in [5, 5.41) is 3.44. The van der Waals surface area contributed by atoms with E-state index in [1.165, 1.54) is 25.7 Å². The van der Waals surface area contributed by atoms with Crippen LogP contribution in [0, 0.1) is 0 Å². The van der Waals surface area contributed by atoms with Crippen molar-refractivity contribution in [2.45, 2.75) is 58.4 Å². The van der Waals surface area contributed by atoms with Gasteiger partial charge in [0.2, 0.25) is 5.88 Å². The Labute approximate surface area is 115 Å². The Balaban J connectivity index is 2.19. The fourth-order valence-corrected chi connectivity index (χ4v) is 2.33. The van der Waals surface area contributed by atoms with E-state index in [1.54, 1.807) is 0 Å². The molecule has 3 N–H and O–H groups in total. The molecule has 5 nitrogen and oxygen atoms in total. The van der Waals surface area contributed by atoms with Crippen LogP contribution >= 0.6 is 0 Å². The second-order valence-electron chi connectivity index (χ2n) is 5.04. The van der Waals surface area contributed by atoms with Gasteiger partial charge in [-0.1, -0.05) is 26.7 Å². The van der Waals surface area contributed by atoms with Crippen molar-refractivity contribution in [3.63, 3.8) is 0 Å². The van der Waals surface area contributed by atoms with Gasteiger partial charge in [0.05, 0.1) is 6.61 Å². The monoisotopic (exact) mass is 264 g/mol. The van der Waals surface area contributed by atoms with E-state index in [9.17, 15) is 0 Å². The van der Waals surface area contributed by atoms with Crippen LogP contribution in [-0.2, 0) is 6.42 Å². The Morgan fingerprint density at radius 1 is 1.26 bits per heavy atom. The molecule has 1 aliphatic rings.